The lowest BCUT2D eigenvalue weighted by molar-refractivity contribution is 0.373. The summed E-state index contributed by atoms with van der Waals surface area (Å²) in [5, 5.41) is 3.54. The summed E-state index contributed by atoms with van der Waals surface area (Å²) in [5.41, 5.74) is 5.73. The van der Waals surface area contributed by atoms with Gasteiger partial charge >= 0.3 is 0 Å². The summed E-state index contributed by atoms with van der Waals surface area (Å²) in [5.74, 6) is 1.66. The Hall–Kier alpha value is -0.0800. The molecule has 3 N–H and O–H groups in total. The van der Waals surface area contributed by atoms with Crippen LogP contribution in [-0.4, -0.2) is 19.6 Å². The molecular weight excluding hydrogens is 160 g/mol. The zero-order valence-electron chi connectivity index (χ0n) is 8.89. The molecule has 0 aliphatic heterocycles. The van der Waals surface area contributed by atoms with Gasteiger partial charge in [0, 0.05) is 0 Å². The van der Waals surface area contributed by atoms with Crippen molar-refractivity contribution in [2.75, 3.05) is 19.6 Å². The highest BCUT2D eigenvalue weighted by Crippen LogP contribution is 2.30. The number of hydrogen-bond acceptors (Lipinski definition) is 2. The number of unbranched alkanes of at least 4 members (excludes halogenated alkanes) is 1. The van der Waals surface area contributed by atoms with E-state index >= 15 is 0 Å². The molecule has 0 radical (unpaired) electrons. The maximum absolute atomic E-state index is 5.73. The Labute approximate surface area is 82.3 Å². The second-order valence-corrected chi connectivity index (χ2v) is 4.24. The van der Waals surface area contributed by atoms with Crippen LogP contribution in [0.3, 0.4) is 0 Å². The van der Waals surface area contributed by atoms with Gasteiger partial charge in [-0.25, -0.2) is 0 Å². The van der Waals surface area contributed by atoms with Gasteiger partial charge in [-0.3, -0.25) is 0 Å². The Morgan fingerprint density at radius 2 is 2.08 bits per heavy atom. The molecule has 0 saturated heterocycles. The molecule has 2 atom stereocenters. The molecule has 0 heterocycles. The number of rotatable bonds is 6. The third-order valence-electron chi connectivity index (χ3n) is 3.23. The molecule has 1 saturated carbocycles. The summed E-state index contributed by atoms with van der Waals surface area (Å²) in [6, 6.07) is 0. The Bertz CT molecular complexity index is 125. The minimum absolute atomic E-state index is 0.800. The summed E-state index contributed by atoms with van der Waals surface area (Å²) >= 11 is 0. The number of nitrogens with two attached hydrogens (primary N) is 1. The molecule has 1 aliphatic rings. The van der Waals surface area contributed by atoms with Crippen LogP contribution in [0.5, 0.6) is 0 Å². The fourth-order valence-corrected chi connectivity index (χ4v) is 2.28. The zero-order chi connectivity index (χ0) is 9.52. The molecular formula is C11H24N2. The van der Waals surface area contributed by atoms with Crippen molar-refractivity contribution >= 4 is 0 Å². The van der Waals surface area contributed by atoms with Crippen molar-refractivity contribution in [2.45, 2.75) is 39.0 Å². The van der Waals surface area contributed by atoms with E-state index in [-0.39, 0.29) is 0 Å². The van der Waals surface area contributed by atoms with E-state index in [2.05, 4.69) is 12.2 Å². The predicted octanol–water partition coefficient (Wildman–Crippen LogP) is 1.75. The number of hydrogen-bond donors (Lipinski definition) is 2. The largest absolute Gasteiger partial charge is 0.330 e. The van der Waals surface area contributed by atoms with Crippen LogP contribution in [0, 0.1) is 11.8 Å². The second-order valence-electron chi connectivity index (χ2n) is 4.24. The molecule has 0 bridgehead atoms. The maximum atomic E-state index is 5.73. The van der Waals surface area contributed by atoms with Crippen LogP contribution in [-0.2, 0) is 0 Å². The van der Waals surface area contributed by atoms with Gasteiger partial charge in [-0.1, -0.05) is 19.8 Å². The minimum Gasteiger partial charge on any atom is -0.330 e. The van der Waals surface area contributed by atoms with E-state index in [0.29, 0.717) is 0 Å². The standard InChI is InChI=1S/C11H24N2/c1-2-3-7-13-9-11-6-4-5-10(11)8-12/h10-11,13H,2-9,12H2,1H3. The van der Waals surface area contributed by atoms with E-state index in [4.69, 9.17) is 5.73 Å². The molecule has 1 rings (SSSR count). The number of nitrogens with one attached hydrogen (secondary N) is 1. The first-order chi connectivity index (χ1) is 6.38. The van der Waals surface area contributed by atoms with Crippen LogP contribution in [0.25, 0.3) is 0 Å². The van der Waals surface area contributed by atoms with E-state index in [1.807, 2.05) is 0 Å². The molecule has 0 aromatic rings. The molecule has 2 heteroatoms. The first kappa shape index (κ1) is 11.0. The van der Waals surface area contributed by atoms with Crippen LogP contribution in [0.1, 0.15) is 39.0 Å². The van der Waals surface area contributed by atoms with Gasteiger partial charge in [0.1, 0.15) is 0 Å². The average molecular weight is 184 g/mol. The molecule has 2 nitrogen and oxygen atoms in total. The normalized spacial score (nSPS) is 28.2. The van der Waals surface area contributed by atoms with Gasteiger partial charge in [-0.2, -0.15) is 0 Å². The lowest BCUT2D eigenvalue weighted by Crippen LogP contribution is -2.29. The van der Waals surface area contributed by atoms with Crippen molar-refractivity contribution in [3.63, 3.8) is 0 Å². The van der Waals surface area contributed by atoms with E-state index in [1.54, 1.807) is 0 Å². The molecule has 1 fully saturated rings. The summed E-state index contributed by atoms with van der Waals surface area (Å²) in [4.78, 5) is 0. The van der Waals surface area contributed by atoms with Crippen molar-refractivity contribution in [2.24, 2.45) is 17.6 Å². The van der Waals surface area contributed by atoms with Gasteiger partial charge in [0.15, 0.2) is 0 Å². The Morgan fingerprint density at radius 1 is 1.31 bits per heavy atom. The minimum atomic E-state index is 0.800. The van der Waals surface area contributed by atoms with E-state index in [9.17, 15) is 0 Å². The van der Waals surface area contributed by atoms with Crippen molar-refractivity contribution in [3.8, 4) is 0 Å². The fourth-order valence-electron chi connectivity index (χ4n) is 2.28. The average Bonchev–Trinajstić information content (AvgIpc) is 2.60. The fraction of sp³-hybridized carbons (Fsp3) is 1.00. The van der Waals surface area contributed by atoms with Crippen LogP contribution in [0.2, 0.25) is 0 Å². The summed E-state index contributed by atoms with van der Waals surface area (Å²) in [7, 11) is 0. The lowest BCUT2D eigenvalue weighted by Gasteiger charge is -2.18. The smallest absolute Gasteiger partial charge is 0.00174 e. The van der Waals surface area contributed by atoms with Gasteiger partial charge in [0.05, 0.1) is 0 Å². The van der Waals surface area contributed by atoms with Crippen molar-refractivity contribution in [1.82, 2.24) is 5.32 Å². The van der Waals surface area contributed by atoms with E-state index < -0.39 is 0 Å². The topological polar surface area (TPSA) is 38.0 Å². The van der Waals surface area contributed by atoms with Gasteiger partial charge in [-0.05, 0) is 50.7 Å². The van der Waals surface area contributed by atoms with Crippen LogP contribution in [0.4, 0.5) is 0 Å². The van der Waals surface area contributed by atoms with Crippen molar-refractivity contribution in [3.05, 3.63) is 0 Å². The first-order valence-corrected chi connectivity index (χ1v) is 5.79. The van der Waals surface area contributed by atoms with Gasteiger partial charge in [-0.15, -0.1) is 0 Å². The van der Waals surface area contributed by atoms with Crippen LogP contribution < -0.4 is 11.1 Å². The maximum Gasteiger partial charge on any atom is -0.00174 e. The lowest BCUT2D eigenvalue weighted by atomic mass is 9.96. The van der Waals surface area contributed by atoms with Gasteiger partial charge in [0.2, 0.25) is 0 Å². The Morgan fingerprint density at radius 3 is 2.77 bits per heavy atom. The molecule has 13 heavy (non-hydrogen) atoms. The van der Waals surface area contributed by atoms with E-state index in [1.165, 1.54) is 45.2 Å². The summed E-state index contributed by atoms with van der Waals surface area (Å²) < 4.78 is 0. The van der Waals surface area contributed by atoms with Gasteiger partial charge < -0.3 is 11.1 Å². The van der Waals surface area contributed by atoms with Crippen molar-refractivity contribution < 1.29 is 0 Å². The monoisotopic (exact) mass is 184 g/mol. The molecule has 0 amide bonds. The Balaban J connectivity index is 2.06. The highest BCUT2D eigenvalue weighted by Gasteiger charge is 2.25. The molecule has 0 spiro atoms. The molecule has 78 valence electrons. The van der Waals surface area contributed by atoms with Crippen molar-refractivity contribution in [1.29, 1.82) is 0 Å². The SMILES string of the molecule is CCCCNCC1CCCC1CN. The third-order valence-corrected chi connectivity index (χ3v) is 3.23. The molecule has 1 aliphatic carbocycles. The van der Waals surface area contributed by atoms with Crippen LogP contribution >= 0.6 is 0 Å². The third kappa shape index (κ3) is 3.65. The van der Waals surface area contributed by atoms with Gasteiger partial charge in [0.25, 0.3) is 0 Å². The van der Waals surface area contributed by atoms with E-state index in [0.717, 1.165) is 18.4 Å². The highest BCUT2D eigenvalue weighted by molar-refractivity contribution is 4.79. The first-order valence-electron chi connectivity index (χ1n) is 5.79. The summed E-state index contributed by atoms with van der Waals surface area (Å²) in [6.45, 7) is 5.51. The quantitative estimate of drug-likeness (QED) is 0.617. The second kappa shape index (κ2) is 6.39. The summed E-state index contributed by atoms with van der Waals surface area (Å²) in [6.07, 6.45) is 6.73. The van der Waals surface area contributed by atoms with Crippen LogP contribution in [0.15, 0.2) is 0 Å². The highest BCUT2D eigenvalue weighted by atomic mass is 14.9. The molecule has 0 aromatic carbocycles. The Kier molecular flexibility index (Phi) is 5.40. The zero-order valence-corrected chi connectivity index (χ0v) is 8.89. The predicted molar refractivity (Wildman–Crippen MR) is 57.7 cm³/mol. The molecule has 0 aromatic heterocycles. The molecule has 2 unspecified atom stereocenters.